The van der Waals surface area contributed by atoms with Crippen LogP contribution < -0.4 is 0 Å². The first kappa shape index (κ1) is 30.8. The van der Waals surface area contributed by atoms with Gasteiger partial charge in [0, 0.05) is 0 Å². The molecule has 0 aliphatic carbocycles. The minimum Gasteiger partial charge on any atom is -0.461 e. The summed E-state index contributed by atoms with van der Waals surface area (Å²) in [5, 5.41) is 16.0. The molecule has 9 rings (SSSR count). The average molecular weight is 663 g/mol. The van der Waals surface area contributed by atoms with E-state index in [9.17, 15) is 9.59 Å². The Morgan fingerprint density at radius 2 is 0.843 bits per heavy atom. The van der Waals surface area contributed by atoms with Crippen LogP contribution in [-0.2, 0) is 31.9 Å². The SMILES string of the molecule is C=CCOC(=O)C(Cc1cc2ccc3cccc4ccc(c1)c2c34)(Cc1cc2cccc3c4cccc5cccc(c(c1)c23)c54)C(=O)OCC=C. The Bertz CT molecular complexity index is 2750. The third-order valence-electron chi connectivity index (χ3n) is 10.5. The van der Waals surface area contributed by atoms with E-state index in [0.29, 0.717) is 0 Å². The van der Waals surface area contributed by atoms with E-state index in [-0.39, 0.29) is 26.1 Å². The van der Waals surface area contributed by atoms with Crippen LogP contribution in [0.4, 0.5) is 0 Å². The van der Waals surface area contributed by atoms with Crippen molar-refractivity contribution >= 4 is 87.3 Å². The van der Waals surface area contributed by atoms with Gasteiger partial charge in [0.2, 0.25) is 0 Å². The molecule has 0 fully saturated rings. The second-order valence-electron chi connectivity index (χ2n) is 13.6. The third kappa shape index (κ3) is 4.82. The maximum Gasteiger partial charge on any atom is 0.324 e. The Hall–Kier alpha value is -6.26. The molecule has 0 atom stereocenters. The summed E-state index contributed by atoms with van der Waals surface area (Å²) < 4.78 is 11.6. The molecule has 0 aliphatic heterocycles. The second-order valence-corrected chi connectivity index (χ2v) is 13.6. The fourth-order valence-electron chi connectivity index (χ4n) is 8.42. The lowest BCUT2D eigenvalue weighted by Crippen LogP contribution is -2.46. The van der Waals surface area contributed by atoms with Crippen molar-refractivity contribution in [1.29, 1.82) is 0 Å². The van der Waals surface area contributed by atoms with E-state index in [1.165, 1.54) is 55.2 Å². The molecule has 246 valence electrons. The molecular formula is C47H34O4. The quantitative estimate of drug-likeness (QED) is 0.0481. The van der Waals surface area contributed by atoms with Gasteiger partial charge in [0.25, 0.3) is 0 Å². The molecule has 0 spiro atoms. The van der Waals surface area contributed by atoms with E-state index in [2.05, 4.69) is 134 Å². The summed E-state index contributed by atoms with van der Waals surface area (Å²) in [4.78, 5) is 28.9. The summed E-state index contributed by atoms with van der Waals surface area (Å²) in [5.41, 5.74) is -0.00598. The van der Waals surface area contributed by atoms with E-state index >= 15 is 0 Å². The van der Waals surface area contributed by atoms with E-state index in [1.807, 2.05) is 0 Å². The van der Waals surface area contributed by atoms with Gasteiger partial charge in [-0.3, -0.25) is 9.59 Å². The van der Waals surface area contributed by atoms with Crippen LogP contribution in [0.1, 0.15) is 11.1 Å². The van der Waals surface area contributed by atoms with Crippen LogP contribution in [-0.4, -0.2) is 25.2 Å². The van der Waals surface area contributed by atoms with Crippen molar-refractivity contribution in [3.05, 3.63) is 158 Å². The summed E-state index contributed by atoms with van der Waals surface area (Å²) in [7, 11) is 0. The molecule has 0 bridgehead atoms. The molecule has 0 heterocycles. The predicted octanol–water partition coefficient (Wildman–Crippen LogP) is 10.9. The van der Waals surface area contributed by atoms with E-state index in [4.69, 9.17) is 9.47 Å². The van der Waals surface area contributed by atoms with Crippen molar-refractivity contribution in [2.45, 2.75) is 12.8 Å². The fourth-order valence-corrected chi connectivity index (χ4v) is 8.42. The maximum absolute atomic E-state index is 14.4. The Morgan fingerprint density at radius 1 is 0.471 bits per heavy atom. The van der Waals surface area contributed by atoms with Crippen LogP contribution in [0.5, 0.6) is 0 Å². The lowest BCUT2D eigenvalue weighted by atomic mass is 9.75. The van der Waals surface area contributed by atoms with E-state index < -0.39 is 17.4 Å². The molecule has 4 nitrogen and oxygen atoms in total. The van der Waals surface area contributed by atoms with Crippen LogP contribution in [0.25, 0.3) is 75.4 Å². The first-order valence-electron chi connectivity index (χ1n) is 17.3. The van der Waals surface area contributed by atoms with Gasteiger partial charge in [0.15, 0.2) is 5.41 Å². The summed E-state index contributed by atoms with van der Waals surface area (Å²) in [6.07, 6.45) is 3.20. The van der Waals surface area contributed by atoms with Crippen LogP contribution >= 0.6 is 0 Å². The number of carbonyl (C=O) groups excluding carboxylic acids is 2. The van der Waals surface area contributed by atoms with Crippen LogP contribution in [0.3, 0.4) is 0 Å². The molecule has 0 amide bonds. The molecular weight excluding hydrogens is 629 g/mol. The molecule has 9 aromatic carbocycles. The van der Waals surface area contributed by atoms with E-state index in [0.717, 1.165) is 43.4 Å². The van der Waals surface area contributed by atoms with Gasteiger partial charge in [-0.25, -0.2) is 0 Å². The maximum atomic E-state index is 14.4. The highest BCUT2D eigenvalue weighted by Gasteiger charge is 2.49. The molecule has 4 heteroatoms. The molecule has 51 heavy (non-hydrogen) atoms. The number of fused-ring (bicyclic) bond motifs is 2. The lowest BCUT2D eigenvalue weighted by molar-refractivity contribution is -0.171. The van der Waals surface area contributed by atoms with Gasteiger partial charge >= 0.3 is 11.9 Å². The Labute approximate surface area is 294 Å². The van der Waals surface area contributed by atoms with Crippen molar-refractivity contribution in [2.24, 2.45) is 5.41 Å². The predicted molar refractivity (Wildman–Crippen MR) is 210 cm³/mol. The normalized spacial score (nSPS) is 12.2. The highest BCUT2D eigenvalue weighted by molar-refractivity contribution is 6.33. The average Bonchev–Trinajstić information content (AvgIpc) is 3.16. The molecule has 0 aromatic heterocycles. The van der Waals surface area contributed by atoms with Gasteiger partial charge in [-0.15, -0.1) is 0 Å². The number of esters is 2. The Balaban J connectivity index is 1.25. The van der Waals surface area contributed by atoms with Crippen molar-refractivity contribution < 1.29 is 19.1 Å². The number of carbonyl (C=O) groups is 2. The summed E-state index contributed by atoms with van der Waals surface area (Å²) in [6.45, 7) is 7.46. The summed E-state index contributed by atoms with van der Waals surface area (Å²) in [6, 6.07) is 42.4. The minimum atomic E-state index is -1.69. The molecule has 9 aromatic rings. The van der Waals surface area contributed by atoms with Crippen molar-refractivity contribution in [3.8, 4) is 0 Å². The first-order chi connectivity index (χ1) is 25.0. The van der Waals surface area contributed by atoms with Crippen LogP contribution in [0, 0.1) is 5.41 Å². The number of rotatable bonds is 10. The van der Waals surface area contributed by atoms with Gasteiger partial charge in [-0.05, 0) is 99.4 Å². The number of benzene rings is 9. The first-order valence-corrected chi connectivity index (χ1v) is 17.3. The molecule has 0 N–H and O–H groups in total. The Morgan fingerprint density at radius 3 is 1.37 bits per heavy atom. The van der Waals surface area contributed by atoms with Crippen molar-refractivity contribution in [2.75, 3.05) is 13.2 Å². The molecule has 0 unspecified atom stereocenters. The highest BCUT2D eigenvalue weighted by atomic mass is 16.6. The van der Waals surface area contributed by atoms with Gasteiger partial charge < -0.3 is 9.47 Å². The monoisotopic (exact) mass is 662 g/mol. The molecule has 0 saturated carbocycles. The summed E-state index contributed by atoms with van der Waals surface area (Å²) in [5.74, 6) is -1.28. The van der Waals surface area contributed by atoms with Gasteiger partial charge in [-0.1, -0.05) is 147 Å². The van der Waals surface area contributed by atoms with Gasteiger partial charge in [-0.2, -0.15) is 0 Å². The fraction of sp³-hybridized carbons (Fsp3) is 0.106. The second kappa shape index (κ2) is 12.0. The topological polar surface area (TPSA) is 52.6 Å². The third-order valence-corrected chi connectivity index (χ3v) is 10.5. The zero-order valence-electron chi connectivity index (χ0n) is 28.1. The zero-order valence-corrected chi connectivity index (χ0v) is 28.1. The lowest BCUT2D eigenvalue weighted by Gasteiger charge is -2.30. The standard InChI is InChI=1S/C47H34O4/c1-3-21-50-45(48)47(46(49)51-22-4-2,27-29-23-35-19-17-32-9-5-10-33-18-20-36(24-29)42(35)41(32)33)28-30-25-34-13-8-15-38-37-14-6-11-31-12-7-16-39(43(31)37)40(26-30)44(34)38/h3-20,23-26H,1-2,21-22,27-28H2. The van der Waals surface area contributed by atoms with Crippen LogP contribution in [0.15, 0.2) is 147 Å². The van der Waals surface area contributed by atoms with Crippen molar-refractivity contribution in [1.82, 2.24) is 0 Å². The number of ether oxygens (including phenoxy) is 2. The Kier molecular flexibility index (Phi) is 7.22. The number of hydrogen-bond acceptors (Lipinski definition) is 4. The highest BCUT2D eigenvalue weighted by Crippen LogP contribution is 2.43. The minimum absolute atomic E-state index is 0.0269. The molecule has 0 saturated heterocycles. The largest absolute Gasteiger partial charge is 0.461 e. The smallest absolute Gasteiger partial charge is 0.324 e. The van der Waals surface area contributed by atoms with E-state index in [1.54, 1.807) is 0 Å². The molecule has 0 aliphatic rings. The van der Waals surface area contributed by atoms with Crippen molar-refractivity contribution in [3.63, 3.8) is 0 Å². The number of hydrogen-bond donors (Lipinski definition) is 0. The zero-order chi connectivity index (χ0) is 34.7. The van der Waals surface area contributed by atoms with Gasteiger partial charge in [0.05, 0.1) is 0 Å². The molecule has 0 radical (unpaired) electrons. The van der Waals surface area contributed by atoms with Gasteiger partial charge in [0.1, 0.15) is 13.2 Å². The summed E-state index contributed by atoms with van der Waals surface area (Å²) >= 11 is 0. The van der Waals surface area contributed by atoms with Crippen LogP contribution in [0.2, 0.25) is 0 Å².